The highest BCUT2D eigenvalue weighted by Crippen LogP contribution is 2.52. The lowest BCUT2D eigenvalue weighted by Crippen LogP contribution is -2.34. The molecule has 346 valence electrons. The summed E-state index contributed by atoms with van der Waals surface area (Å²) in [6.45, 7) is 16.1. The van der Waals surface area contributed by atoms with Crippen LogP contribution < -0.4 is 9.30 Å². The highest BCUT2D eigenvalue weighted by molar-refractivity contribution is 6.09. The van der Waals surface area contributed by atoms with Crippen molar-refractivity contribution in [2.75, 3.05) is 0 Å². The topological polar surface area (TPSA) is 35.9 Å². The van der Waals surface area contributed by atoms with E-state index in [4.69, 9.17) is 13.8 Å². The number of rotatable bonds is 5. The summed E-state index contributed by atoms with van der Waals surface area (Å²) in [5.41, 5.74) is 15.9. The molecule has 0 N–H and O–H groups in total. The Kier molecular flexibility index (Phi) is 8.39. The molecule has 0 unspecified atom stereocenters. The minimum Gasteiger partial charge on any atom is -0.457 e. The number of fused-ring (bicyclic) bond motifs is 11. The number of ether oxygens (including phenoxy) is 1. The van der Waals surface area contributed by atoms with Gasteiger partial charge in [0.05, 0.1) is 17.9 Å². The molecule has 0 spiro atoms. The molecular weight excluding hydrogens is 865 g/mol. The number of hydrogen-bond acceptors (Lipinski definition) is 2. The van der Waals surface area contributed by atoms with Gasteiger partial charge in [0.1, 0.15) is 28.7 Å². The van der Waals surface area contributed by atoms with Crippen LogP contribution in [0.3, 0.4) is 0 Å². The summed E-state index contributed by atoms with van der Waals surface area (Å²) < 4.78 is 58.6. The molecule has 3 aromatic heterocycles. The van der Waals surface area contributed by atoms with Gasteiger partial charge in [-0.25, -0.2) is 4.98 Å². The fourth-order valence-electron chi connectivity index (χ4n) is 11.5. The number of hydrogen-bond donors (Lipinski definition) is 0. The summed E-state index contributed by atoms with van der Waals surface area (Å²) in [7, 11) is 0. The predicted octanol–water partition coefficient (Wildman–Crippen LogP) is 16.8. The minimum atomic E-state index is -0.425. The zero-order valence-electron chi connectivity index (χ0n) is 46.2. The average molecular weight is 927 g/mol. The fraction of sp³-hybridized carbons (Fsp3) is 0.182. The van der Waals surface area contributed by atoms with Gasteiger partial charge in [-0.1, -0.05) is 151 Å². The molecule has 0 atom stereocenters. The minimum absolute atomic E-state index is 0.0579. The van der Waals surface area contributed by atoms with E-state index in [0.717, 1.165) is 96.3 Å². The van der Waals surface area contributed by atoms with Gasteiger partial charge in [0, 0.05) is 45.8 Å². The van der Waals surface area contributed by atoms with Gasteiger partial charge in [0.2, 0.25) is 0 Å². The molecule has 13 rings (SSSR count). The first-order valence-corrected chi connectivity index (χ1v) is 24.7. The molecule has 4 heterocycles. The van der Waals surface area contributed by atoms with Crippen LogP contribution in [-0.2, 0) is 16.2 Å². The Morgan fingerprint density at radius 3 is 1.96 bits per heavy atom. The van der Waals surface area contributed by atoms with E-state index in [0.29, 0.717) is 17.1 Å². The van der Waals surface area contributed by atoms with E-state index in [-0.39, 0.29) is 46.0 Å². The molecule has 2 aliphatic rings. The van der Waals surface area contributed by atoms with Gasteiger partial charge < -0.3 is 4.74 Å². The second kappa shape index (κ2) is 15.7. The Hall–Kier alpha value is -8.02. The summed E-state index contributed by atoms with van der Waals surface area (Å²) >= 11 is 0. The Labute approximate surface area is 423 Å². The van der Waals surface area contributed by atoms with Crippen LogP contribution in [0.2, 0.25) is 0 Å². The van der Waals surface area contributed by atoms with Gasteiger partial charge in [-0.15, -0.1) is 0 Å². The van der Waals surface area contributed by atoms with Crippen LogP contribution in [0.5, 0.6) is 11.5 Å². The lowest BCUT2D eigenvalue weighted by Gasteiger charge is -2.42. The van der Waals surface area contributed by atoms with E-state index in [2.05, 4.69) is 190 Å². The van der Waals surface area contributed by atoms with E-state index >= 15 is 0 Å². The number of benzene rings is 8. The number of para-hydroxylation sites is 3. The van der Waals surface area contributed by atoms with Crippen LogP contribution in [0.25, 0.3) is 94.5 Å². The maximum atomic E-state index is 9.40. The maximum Gasteiger partial charge on any atom is 0.255 e. The number of aromatic nitrogens is 4. The zero-order valence-corrected chi connectivity index (χ0v) is 41.2. The number of pyridine rings is 1. The molecule has 0 bridgehead atoms. The van der Waals surface area contributed by atoms with Crippen LogP contribution in [0.4, 0.5) is 0 Å². The molecule has 1 aliphatic heterocycles. The van der Waals surface area contributed by atoms with Crippen molar-refractivity contribution in [3.8, 4) is 73.2 Å². The largest absolute Gasteiger partial charge is 0.457 e. The van der Waals surface area contributed by atoms with Crippen molar-refractivity contribution in [3.05, 3.63) is 211 Å². The van der Waals surface area contributed by atoms with Crippen molar-refractivity contribution >= 4 is 32.8 Å². The summed E-state index contributed by atoms with van der Waals surface area (Å²) in [6, 6.07) is 51.3. The fourth-order valence-corrected chi connectivity index (χ4v) is 11.5. The Balaban J connectivity index is 1.04. The van der Waals surface area contributed by atoms with E-state index in [1.165, 1.54) is 16.7 Å². The maximum absolute atomic E-state index is 9.40. The third kappa shape index (κ3) is 6.88. The van der Waals surface area contributed by atoms with Crippen molar-refractivity contribution in [1.82, 2.24) is 14.1 Å². The second-order valence-corrected chi connectivity index (χ2v) is 21.8. The zero-order chi connectivity index (χ0) is 52.7. The van der Waals surface area contributed by atoms with Crippen LogP contribution in [0.15, 0.2) is 194 Å². The highest BCUT2D eigenvalue weighted by Gasteiger charge is 2.39. The van der Waals surface area contributed by atoms with E-state index in [1.807, 2.05) is 36.5 Å². The highest BCUT2D eigenvalue weighted by atomic mass is 16.5. The normalized spacial score (nSPS) is 15.5. The van der Waals surface area contributed by atoms with Gasteiger partial charge >= 0.3 is 0 Å². The SMILES string of the molecule is [2H]c1c([2H])c([2H])c(-c2cccc3c2-[n+]2cn(-c4cccc(Oc5ccc6c7ccccc7n(-c7cc(C(C)(C)C)ccn7)c6c5)c4)c4cccc(c42)-c2ccccc2-c2cc4c(cc2-3)C(C)(C)CCC4(C)C)c([2H])c1[2H]. The van der Waals surface area contributed by atoms with Gasteiger partial charge in [0.25, 0.3) is 6.33 Å². The van der Waals surface area contributed by atoms with Gasteiger partial charge in [-0.3, -0.25) is 4.57 Å². The van der Waals surface area contributed by atoms with Gasteiger partial charge in [-0.05, 0) is 140 Å². The molecule has 8 aromatic carbocycles. The molecule has 11 aromatic rings. The van der Waals surface area contributed by atoms with E-state index in [1.54, 1.807) is 0 Å². The first-order valence-electron chi connectivity index (χ1n) is 27.2. The van der Waals surface area contributed by atoms with Crippen LogP contribution >= 0.6 is 0 Å². The summed E-state index contributed by atoms with van der Waals surface area (Å²) in [5, 5.41) is 2.24. The lowest BCUT2D eigenvalue weighted by molar-refractivity contribution is -0.566. The molecule has 5 heteroatoms. The molecule has 0 saturated carbocycles. The van der Waals surface area contributed by atoms with Crippen molar-refractivity contribution in [2.24, 2.45) is 0 Å². The van der Waals surface area contributed by atoms with Crippen LogP contribution in [0.1, 0.15) is 84.9 Å². The van der Waals surface area contributed by atoms with Crippen molar-refractivity contribution in [3.63, 3.8) is 0 Å². The molecule has 71 heavy (non-hydrogen) atoms. The Bertz CT molecular complexity index is 4240. The van der Waals surface area contributed by atoms with Crippen LogP contribution in [0, 0.1) is 0 Å². The van der Waals surface area contributed by atoms with Crippen molar-refractivity contribution in [2.45, 2.75) is 77.6 Å². The predicted molar refractivity (Wildman–Crippen MR) is 293 cm³/mol. The summed E-state index contributed by atoms with van der Waals surface area (Å²) in [6.07, 6.45) is 6.08. The molecular formula is C66H57N4O+. The standard InChI is InChI=1S/C66H57N4O/c1-64(2,3)43-32-35-67-61(36-43)70-58-28-14-13-24-50(58)51-31-30-46(38-60(51)70)71-45-21-15-20-44(37-45)68-41-69-62-47(42-18-9-8-10-19-42)25-16-26-53(62)55-40-57-56(65(4,5)33-34-66(57,6)7)39-54(55)49-23-12-11-22-48(49)52-27-17-29-59(68)63(52)69/h8-32,35-41H,33-34H2,1-7H3/q+1/i8D,9D,10D,18D,19D. The third-order valence-corrected chi connectivity index (χ3v) is 15.4. The summed E-state index contributed by atoms with van der Waals surface area (Å²) in [4.78, 5) is 4.90. The molecule has 0 fully saturated rings. The van der Waals surface area contributed by atoms with Gasteiger partial charge in [-0.2, -0.15) is 9.13 Å². The smallest absolute Gasteiger partial charge is 0.255 e. The molecule has 0 amide bonds. The third-order valence-electron chi connectivity index (χ3n) is 15.4. The first kappa shape index (κ1) is 37.8. The average Bonchev–Trinajstić information content (AvgIpc) is 4.14. The monoisotopic (exact) mass is 926 g/mol. The Morgan fingerprint density at radius 1 is 0.563 bits per heavy atom. The molecule has 1 aliphatic carbocycles. The second-order valence-electron chi connectivity index (χ2n) is 21.8. The summed E-state index contributed by atoms with van der Waals surface area (Å²) in [5.74, 6) is 2.17. The molecule has 0 saturated heterocycles. The quantitative estimate of drug-likeness (QED) is 0.161. The molecule has 0 radical (unpaired) electrons. The van der Waals surface area contributed by atoms with E-state index in [9.17, 15) is 2.74 Å². The number of nitrogens with zero attached hydrogens (tertiary/aromatic N) is 4. The van der Waals surface area contributed by atoms with Gasteiger partial charge in [0.15, 0.2) is 11.0 Å². The van der Waals surface area contributed by atoms with Crippen molar-refractivity contribution < 1.29 is 16.2 Å². The molecule has 5 nitrogen and oxygen atoms in total. The first-order chi connectivity index (χ1) is 36.4. The van der Waals surface area contributed by atoms with E-state index < -0.39 is 6.04 Å². The van der Waals surface area contributed by atoms with Crippen LogP contribution in [-0.4, -0.2) is 14.1 Å². The Morgan fingerprint density at radius 2 is 1.18 bits per heavy atom. The lowest BCUT2D eigenvalue weighted by atomic mass is 9.62. The number of imidazole rings is 1. The van der Waals surface area contributed by atoms with Crippen molar-refractivity contribution in [1.29, 1.82) is 0 Å².